The highest BCUT2D eigenvalue weighted by atomic mass is 31.2. The number of aliphatic hydroxyl groups excluding tert-OH is 1. The molecule has 0 fully saturated rings. The molecule has 0 radical (unpaired) electrons. The maximum absolute atomic E-state index is 13.1. The molecule has 3 N–H and O–H groups in total. The molecule has 17 nitrogen and oxygen atoms in total. The van der Waals surface area contributed by atoms with Crippen LogP contribution in [0.25, 0.3) is 0 Å². The fourth-order valence-electron chi connectivity index (χ4n) is 11.1. The molecule has 0 aromatic rings. The molecule has 0 aliphatic heterocycles. The molecule has 5 atom stereocenters. The van der Waals surface area contributed by atoms with Gasteiger partial charge in [-0.25, -0.2) is 9.13 Å². The molecule has 92 heavy (non-hydrogen) atoms. The van der Waals surface area contributed by atoms with Crippen molar-refractivity contribution < 1.29 is 80.2 Å². The number of aliphatic hydroxyl groups is 1. The molecule has 0 bridgehead atoms. The van der Waals surface area contributed by atoms with Gasteiger partial charge in [0.05, 0.1) is 26.4 Å². The molecule has 0 aromatic heterocycles. The van der Waals surface area contributed by atoms with Crippen LogP contribution in [0.4, 0.5) is 0 Å². The van der Waals surface area contributed by atoms with E-state index in [9.17, 15) is 43.2 Å². The molecule has 19 heteroatoms. The lowest BCUT2D eigenvalue weighted by molar-refractivity contribution is -0.161. The van der Waals surface area contributed by atoms with Crippen LogP contribution in [-0.2, 0) is 65.4 Å². The summed E-state index contributed by atoms with van der Waals surface area (Å²) >= 11 is 0. The van der Waals surface area contributed by atoms with Crippen molar-refractivity contribution in [2.75, 3.05) is 39.6 Å². The van der Waals surface area contributed by atoms with Gasteiger partial charge in [0.2, 0.25) is 0 Å². The molecule has 0 heterocycles. The minimum Gasteiger partial charge on any atom is -0.462 e. The van der Waals surface area contributed by atoms with Gasteiger partial charge in [0.1, 0.15) is 19.3 Å². The number of hydrogen-bond donors (Lipinski definition) is 3. The third-order valence-electron chi connectivity index (χ3n) is 17.0. The van der Waals surface area contributed by atoms with E-state index in [0.29, 0.717) is 25.7 Å². The molecule has 0 saturated heterocycles. The van der Waals surface area contributed by atoms with Crippen molar-refractivity contribution in [3.8, 4) is 0 Å². The van der Waals surface area contributed by atoms with Gasteiger partial charge in [0.15, 0.2) is 12.2 Å². The van der Waals surface area contributed by atoms with Crippen molar-refractivity contribution in [2.24, 2.45) is 11.8 Å². The van der Waals surface area contributed by atoms with Crippen LogP contribution in [0.1, 0.15) is 375 Å². The lowest BCUT2D eigenvalue weighted by atomic mass is 10.0. The average Bonchev–Trinajstić information content (AvgIpc) is 2.61. The fourth-order valence-corrected chi connectivity index (χ4v) is 12.7. The van der Waals surface area contributed by atoms with E-state index in [0.717, 1.165) is 108 Å². The number of phosphoric ester groups is 2. The van der Waals surface area contributed by atoms with E-state index in [1.807, 2.05) is 0 Å². The van der Waals surface area contributed by atoms with Crippen molar-refractivity contribution in [2.45, 2.75) is 394 Å². The standard InChI is InChI=1S/C73H142O17P2/c1-7-9-11-13-15-17-18-19-20-21-22-25-29-32-39-45-51-57-72(77)89-69(62-84-71(76)56-50-44-38-31-28-26-23-24-27-30-35-41-47-53-65(3)4)64-88-92(81,82)86-60-67(74)59-85-91(79,80)87-63-68(61-83-70(75)55-49-43-37-16-14-12-10-8-2)90-73(78)58-52-46-40-34-33-36-42-48-54-66(5)6/h65-69,74H,7-64H2,1-6H3,(H,79,80)(H,81,82)/t67-,68+,69+/m0/s1. The zero-order valence-corrected chi connectivity index (χ0v) is 61.6. The molecule has 0 aliphatic carbocycles. The van der Waals surface area contributed by atoms with Crippen molar-refractivity contribution in [1.82, 2.24) is 0 Å². The third-order valence-corrected chi connectivity index (χ3v) is 18.9. The van der Waals surface area contributed by atoms with Crippen LogP contribution in [0.3, 0.4) is 0 Å². The molecule has 0 aliphatic rings. The molecule has 0 spiro atoms. The van der Waals surface area contributed by atoms with Gasteiger partial charge in [0.25, 0.3) is 0 Å². The van der Waals surface area contributed by atoms with E-state index in [1.54, 1.807) is 0 Å². The predicted molar refractivity (Wildman–Crippen MR) is 372 cm³/mol. The first-order valence-corrected chi connectivity index (χ1v) is 41.0. The van der Waals surface area contributed by atoms with Gasteiger partial charge < -0.3 is 33.8 Å². The van der Waals surface area contributed by atoms with Crippen molar-refractivity contribution in [1.29, 1.82) is 0 Å². The van der Waals surface area contributed by atoms with E-state index < -0.39 is 97.5 Å². The lowest BCUT2D eigenvalue weighted by Crippen LogP contribution is -2.30. The summed E-state index contributed by atoms with van der Waals surface area (Å²) in [5.74, 6) is -0.613. The molecule has 0 rings (SSSR count). The van der Waals surface area contributed by atoms with E-state index in [1.165, 1.54) is 186 Å². The number of unbranched alkanes of at least 4 members (excludes halogenated alkanes) is 42. The summed E-state index contributed by atoms with van der Waals surface area (Å²) in [6.07, 6.45) is 51.4. The van der Waals surface area contributed by atoms with Crippen LogP contribution in [0.5, 0.6) is 0 Å². The minimum absolute atomic E-state index is 0.104. The predicted octanol–water partition coefficient (Wildman–Crippen LogP) is 21.2. The highest BCUT2D eigenvalue weighted by molar-refractivity contribution is 7.47. The summed E-state index contributed by atoms with van der Waals surface area (Å²) in [6.45, 7) is 9.53. The number of hydrogen-bond acceptors (Lipinski definition) is 15. The largest absolute Gasteiger partial charge is 0.472 e. The van der Waals surface area contributed by atoms with Gasteiger partial charge >= 0.3 is 39.5 Å². The normalized spacial score (nSPS) is 14.1. The lowest BCUT2D eigenvalue weighted by Gasteiger charge is -2.21. The first-order valence-electron chi connectivity index (χ1n) is 38.0. The first kappa shape index (κ1) is 90.1. The Kier molecular flexibility index (Phi) is 63.7. The molecule has 0 amide bonds. The van der Waals surface area contributed by atoms with Gasteiger partial charge in [-0.3, -0.25) is 37.3 Å². The van der Waals surface area contributed by atoms with Gasteiger partial charge in [-0.2, -0.15) is 0 Å². The maximum atomic E-state index is 13.1. The van der Waals surface area contributed by atoms with Crippen LogP contribution >= 0.6 is 15.6 Å². The van der Waals surface area contributed by atoms with Crippen molar-refractivity contribution in [3.63, 3.8) is 0 Å². The Bertz CT molecular complexity index is 1790. The summed E-state index contributed by atoms with van der Waals surface area (Å²) in [4.78, 5) is 72.6. The average molecular weight is 1350 g/mol. The van der Waals surface area contributed by atoms with E-state index in [-0.39, 0.29) is 25.7 Å². The van der Waals surface area contributed by atoms with Crippen LogP contribution < -0.4 is 0 Å². The summed E-state index contributed by atoms with van der Waals surface area (Å²) in [6, 6.07) is 0. The second kappa shape index (κ2) is 65.0. The monoisotopic (exact) mass is 1350 g/mol. The maximum Gasteiger partial charge on any atom is 0.472 e. The third kappa shape index (κ3) is 66.7. The Morgan fingerprint density at radius 3 is 0.739 bits per heavy atom. The minimum atomic E-state index is -4.95. The number of carbonyl (C=O) groups is 4. The van der Waals surface area contributed by atoms with E-state index in [2.05, 4.69) is 41.5 Å². The van der Waals surface area contributed by atoms with Gasteiger partial charge in [-0.15, -0.1) is 0 Å². The van der Waals surface area contributed by atoms with Crippen LogP contribution in [0, 0.1) is 11.8 Å². The molecule has 546 valence electrons. The Morgan fingerprint density at radius 2 is 0.500 bits per heavy atom. The second-order valence-corrected chi connectivity index (χ2v) is 30.2. The zero-order valence-electron chi connectivity index (χ0n) is 59.9. The van der Waals surface area contributed by atoms with Crippen molar-refractivity contribution in [3.05, 3.63) is 0 Å². The van der Waals surface area contributed by atoms with Gasteiger partial charge in [0, 0.05) is 25.7 Å². The molecular weight excluding hydrogens is 1210 g/mol. The number of esters is 4. The molecule has 2 unspecified atom stereocenters. The highest BCUT2D eigenvalue weighted by Crippen LogP contribution is 2.45. The number of phosphoric acid groups is 2. The van der Waals surface area contributed by atoms with Crippen molar-refractivity contribution >= 4 is 39.5 Å². The Hall–Kier alpha value is -1.94. The SMILES string of the molecule is CCCCCCCCCCCCCCCCCCCC(=O)O[C@H](COC(=O)CCCCCCCCCCCCCCCC(C)C)COP(=O)(O)OC[C@@H](O)COP(=O)(O)OC[C@@H](COC(=O)CCCCCCCCCC)OC(=O)CCCCCCCCCCC(C)C. The van der Waals surface area contributed by atoms with Crippen LogP contribution in [0.2, 0.25) is 0 Å². The van der Waals surface area contributed by atoms with Crippen LogP contribution in [0.15, 0.2) is 0 Å². The Balaban J connectivity index is 5.21. The summed E-state index contributed by atoms with van der Waals surface area (Å²) < 4.78 is 68.3. The Labute approximate surface area is 562 Å². The number of carbonyl (C=O) groups excluding carboxylic acids is 4. The number of rotatable bonds is 72. The summed E-state index contributed by atoms with van der Waals surface area (Å²) in [7, 11) is -9.90. The summed E-state index contributed by atoms with van der Waals surface area (Å²) in [5.41, 5.74) is 0. The Morgan fingerprint density at radius 1 is 0.293 bits per heavy atom. The second-order valence-electron chi connectivity index (χ2n) is 27.3. The summed E-state index contributed by atoms with van der Waals surface area (Å²) in [5, 5.41) is 10.6. The smallest absolute Gasteiger partial charge is 0.462 e. The first-order chi connectivity index (χ1) is 44.4. The topological polar surface area (TPSA) is 237 Å². The molecular formula is C73H142O17P2. The fraction of sp³-hybridized carbons (Fsp3) is 0.945. The zero-order chi connectivity index (χ0) is 67.9. The van der Waals surface area contributed by atoms with E-state index >= 15 is 0 Å². The van der Waals surface area contributed by atoms with Gasteiger partial charge in [-0.05, 0) is 37.5 Å². The van der Waals surface area contributed by atoms with Crippen LogP contribution in [-0.4, -0.2) is 96.7 Å². The molecule has 0 aromatic carbocycles. The highest BCUT2D eigenvalue weighted by Gasteiger charge is 2.30. The quantitative estimate of drug-likeness (QED) is 0.0222. The van der Waals surface area contributed by atoms with E-state index in [4.69, 9.17) is 37.0 Å². The number of ether oxygens (including phenoxy) is 4. The van der Waals surface area contributed by atoms with Gasteiger partial charge in [-0.1, -0.05) is 324 Å². The molecule has 0 saturated carbocycles.